The Morgan fingerprint density at radius 2 is 2.03 bits per heavy atom. The smallest absolute Gasteiger partial charge is 0.272 e. The summed E-state index contributed by atoms with van der Waals surface area (Å²) in [7, 11) is 1.69. The minimum atomic E-state index is -0.0951. The lowest BCUT2D eigenvalue weighted by atomic mass is 10.0. The fourth-order valence-corrected chi connectivity index (χ4v) is 5.58. The molecule has 0 radical (unpaired) electrons. The number of hydrogen-bond acceptors (Lipinski definition) is 5. The van der Waals surface area contributed by atoms with E-state index >= 15 is 0 Å². The number of rotatable bonds is 3. The molecule has 0 unspecified atom stereocenters. The van der Waals surface area contributed by atoms with E-state index in [9.17, 15) is 14.4 Å². The molecule has 3 aliphatic rings. The van der Waals surface area contributed by atoms with E-state index in [1.54, 1.807) is 18.0 Å². The molecule has 1 aliphatic carbocycles. The van der Waals surface area contributed by atoms with Crippen LogP contribution >= 0.6 is 11.3 Å². The summed E-state index contributed by atoms with van der Waals surface area (Å²) in [6.07, 6.45) is 2.89. The first kappa shape index (κ1) is 19.2. The zero-order valence-electron chi connectivity index (χ0n) is 17.2. The predicted octanol–water partition coefficient (Wildman–Crippen LogP) is 2.48. The Morgan fingerprint density at radius 3 is 2.77 bits per heavy atom. The van der Waals surface area contributed by atoms with Gasteiger partial charge in [0.1, 0.15) is 17.2 Å². The van der Waals surface area contributed by atoms with Gasteiger partial charge in [-0.2, -0.15) is 0 Å². The lowest BCUT2D eigenvalue weighted by Crippen LogP contribution is -2.39. The zero-order chi connectivity index (χ0) is 21.0. The molecule has 1 saturated carbocycles. The van der Waals surface area contributed by atoms with E-state index in [-0.39, 0.29) is 24.3 Å². The molecule has 3 amide bonds. The summed E-state index contributed by atoms with van der Waals surface area (Å²) >= 11 is 1.50. The first-order valence-corrected chi connectivity index (χ1v) is 11.2. The van der Waals surface area contributed by atoms with Gasteiger partial charge in [-0.3, -0.25) is 14.4 Å². The number of pyridine rings is 1. The van der Waals surface area contributed by atoms with E-state index in [4.69, 9.17) is 0 Å². The van der Waals surface area contributed by atoms with Crippen molar-refractivity contribution in [1.82, 2.24) is 14.8 Å². The molecule has 30 heavy (non-hydrogen) atoms. The second-order valence-electron chi connectivity index (χ2n) is 8.43. The quantitative estimate of drug-likeness (QED) is 0.759. The molecule has 2 aromatic heterocycles. The minimum absolute atomic E-state index is 0.0213. The Labute approximate surface area is 179 Å². The number of amides is 3. The molecule has 0 bridgehead atoms. The van der Waals surface area contributed by atoms with Crippen LogP contribution < -0.4 is 4.90 Å². The maximum absolute atomic E-state index is 13.1. The molecule has 0 spiro atoms. The SMILES string of the molecule is Cc1cccc(C(=O)N2CCc3c(sc4c3C(=O)N(C)CC(=O)N4CC3CC3)C2)n1. The maximum Gasteiger partial charge on any atom is 0.272 e. The van der Waals surface area contributed by atoms with Crippen LogP contribution in [0.5, 0.6) is 0 Å². The van der Waals surface area contributed by atoms with Crippen LogP contribution in [0, 0.1) is 12.8 Å². The van der Waals surface area contributed by atoms with Gasteiger partial charge in [0.25, 0.3) is 11.8 Å². The fraction of sp³-hybridized carbons (Fsp3) is 0.455. The van der Waals surface area contributed by atoms with Crippen LogP contribution in [0.25, 0.3) is 0 Å². The summed E-state index contributed by atoms with van der Waals surface area (Å²) in [5.74, 6) is 0.327. The molecular formula is C22H24N4O3S. The summed E-state index contributed by atoms with van der Waals surface area (Å²) in [6.45, 7) is 3.66. The van der Waals surface area contributed by atoms with Gasteiger partial charge in [-0.25, -0.2) is 4.98 Å². The number of anilines is 1. The van der Waals surface area contributed by atoms with Gasteiger partial charge in [-0.05, 0) is 49.8 Å². The molecule has 0 atom stereocenters. The number of hydrogen-bond donors (Lipinski definition) is 0. The second-order valence-corrected chi connectivity index (χ2v) is 9.52. The van der Waals surface area contributed by atoms with Crippen molar-refractivity contribution in [2.75, 3.05) is 31.6 Å². The van der Waals surface area contributed by atoms with Gasteiger partial charge >= 0.3 is 0 Å². The number of fused-ring (bicyclic) bond motifs is 3. The van der Waals surface area contributed by atoms with Gasteiger partial charge in [0.15, 0.2) is 0 Å². The molecule has 0 saturated heterocycles. The topological polar surface area (TPSA) is 73.8 Å². The Bertz CT molecular complexity index is 1060. The van der Waals surface area contributed by atoms with Crippen LogP contribution in [0.2, 0.25) is 0 Å². The molecule has 156 valence electrons. The Hall–Kier alpha value is -2.74. The number of carbonyl (C=O) groups excluding carboxylic acids is 3. The fourth-order valence-electron chi connectivity index (χ4n) is 4.20. The third kappa shape index (κ3) is 3.29. The first-order chi connectivity index (χ1) is 14.4. The summed E-state index contributed by atoms with van der Waals surface area (Å²) in [5, 5.41) is 0.772. The second kappa shape index (κ2) is 7.19. The van der Waals surface area contributed by atoms with E-state index in [1.807, 2.05) is 24.0 Å². The van der Waals surface area contributed by atoms with E-state index in [2.05, 4.69) is 4.98 Å². The maximum atomic E-state index is 13.1. The van der Waals surface area contributed by atoms with Crippen molar-refractivity contribution in [3.8, 4) is 0 Å². The highest BCUT2D eigenvalue weighted by Gasteiger charge is 2.39. The standard InChI is InChI=1S/C22H24N4O3S/c1-13-4-3-5-16(23-13)20(28)25-9-8-15-17(11-25)30-22-19(15)21(29)24(2)12-18(27)26(22)10-14-6-7-14/h3-5,14H,6-12H2,1-2H3. The number of nitrogens with zero attached hydrogens (tertiary/aromatic N) is 4. The number of thiophene rings is 1. The van der Waals surface area contributed by atoms with Crippen molar-refractivity contribution < 1.29 is 14.4 Å². The van der Waals surface area contributed by atoms with Gasteiger partial charge in [-0.15, -0.1) is 11.3 Å². The lowest BCUT2D eigenvalue weighted by molar-refractivity contribution is -0.119. The van der Waals surface area contributed by atoms with E-state index in [0.717, 1.165) is 34.0 Å². The van der Waals surface area contributed by atoms with Gasteiger partial charge < -0.3 is 14.7 Å². The van der Waals surface area contributed by atoms with Crippen LogP contribution in [0.3, 0.4) is 0 Å². The third-order valence-electron chi connectivity index (χ3n) is 6.05. The van der Waals surface area contributed by atoms with Crippen LogP contribution in [0.15, 0.2) is 18.2 Å². The number of aryl methyl sites for hydroxylation is 1. The predicted molar refractivity (Wildman–Crippen MR) is 114 cm³/mol. The summed E-state index contributed by atoms with van der Waals surface area (Å²) in [6, 6.07) is 5.45. The zero-order valence-corrected chi connectivity index (χ0v) is 18.0. The number of likely N-dealkylation sites (N-methyl/N-ethyl adjacent to an activating group) is 1. The van der Waals surface area contributed by atoms with Gasteiger partial charge in [0, 0.05) is 30.7 Å². The highest BCUT2D eigenvalue weighted by molar-refractivity contribution is 7.17. The van der Waals surface area contributed by atoms with E-state index < -0.39 is 0 Å². The third-order valence-corrected chi connectivity index (χ3v) is 7.29. The van der Waals surface area contributed by atoms with Crippen LogP contribution in [-0.4, -0.2) is 59.2 Å². The highest BCUT2D eigenvalue weighted by atomic mass is 32.1. The van der Waals surface area contributed by atoms with Crippen LogP contribution in [0.4, 0.5) is 5.00 Å². The average Bonchev–Trinajstić information content (AvgIpc) is 3.49. The van der Waals surface area contributed by atoms with Crippen LogP contribution in [0.1, 0.15) is 49.8 Å². The molecule has 0 N–H and O–H groups in total. The van der Waals surface area contributed by atoms with Crippen molar-refractivity contribution in [1.29, 1.82) is 0 Å². The van der Waals surface area contributed by atoms with E-state index in [1.165, 1.54) is 16.2 Å². The molecule has 4 heterocycles. The normalized spacial score (nSPS) is 18.9. The summed E-state index contributed by atoms with van der Waals surface area (Å²) < 4.78 is 0. The van der Waals surface area contributed by atoms with Gasteiger partial charge in [0.2, 0.25) is 5.91 Å². The lowest BCUT2D eigenvalue weighted by Gasteiger charge is -2.27. The molecule has 5 rings (SSSR count). The Kier molecular flexibility index (Phi) is 4.61. The van der Waals surface area contributed by atoms with Crippen molar-refractivity contribution in [3.05, 3.63) is 45.6 Å². The summed E-state index contributed by atoms with van der Waals surface area (Å²) in [4.78, 5) is 49.4. The first-order valence-electron chi connectivity index (χ1n) is 10.4. The number of aromatic nitrogens is 1. The Balaban J connectivity index is 1.49. The van der Waals surface area contributed by atoms with Crippen molar-refractivity contribution in [2.24, 2.45) is 5.92 Å². The molecule has 0 aromatic carbocycles. The largest absolute Gasteiger partial charge is 0.332 e. The molecule has 2 aromatic rings. The molecule has 7 nitrogen and oxygen atoms in total. The van der Waals surface area contributed by atoms with Crippen molar-refractivity contribution in [2.45, 2.75) is 32.7 Å². The van der Waals surface area contributed by atoms with Crippen molar-refractivity contribution >= 4 is 34.1 Å². The Morgan fingerprint density at radius 1 is 1.23 bits per heavy atom. The highest BCUT2D eigenvalue weighted by Crippen LogP contribution is 2.43. The van der Waals surface area contributed by atoms with Gasteiger partial charge in [-0.1, -0.05) is 6.07 Å². The van der Waals surface area contributed by atoms with Crippen molar-refractivity contribution in [3.63, 3.8) is 0 Å². The molecule has 2 aliphatic heterocycles. The van der Waals surface area contributed by atoms with Crippen LogP contribution in [-0.2, 0) is 17.8 Å². The monoisotopic (exact) mass is 424 g/mol. The summed E-state index contributed by atoms with van der Waals surface area (Å²) in [5.41, 5.74) is 2.93. The number of carbonyl (C=O) groups is 3. The molecular weight excluding hydrogens is 400 g/mol. The van der Waals surface area contributed by atoms with E-state index in [0.29, 0.717) is 43.2 Å². The average molecular weight is 425 g/mol. The minimum Gasteiger partial charge on any atom is -0.332 e. The molecule has 1 fully saturated rings. The van der Waals surface area contributed by atoms with Gasteiger partial charge in [0.05, 0.1) is 12.1 Å². The molecule has 8 heteroatoms.